The molecule has 1 aliphatic rings. The van der Waals surface area contributed by atoms with Gasteiger partial charge in [0.15, 0.2) is 6.61 Å². The molecule has 0 saturated carbocycles. The van der Waals surface area contributed by atoms with E-state index < -0.39 is 6.04 Å². The highest BCUT2D eigenvalue weighted by Gasteiger charge is 2.31. The molecule has 160 valence electrons. The van der Waals surface area contributed by atoms with Gasteiger partial charge in [0.2, 0.25) is 5.91 Å². The first kappa shape index (κ1) is 21.7. The first-order valence-electron chi connectivity index (χ1n) is 10.6. The third-order valence-electron chi connectivity index (χ3n) is 5.20. The van der Waals surface area contributed by atoms with Gasteiger partial charge in [0.1, 0.15) is 17.5 Å². The number of aryl methyl sites for hydroxylation is 1. The summed E-state index contributed by atoms with van der Waals surface area (Å²) in [5.74, 6) is 1.17. The van der Waals surface area contributed by atoms with Gasteiger partial charge in [-0.25, -0.2) is 0 Å². The molecule has 1 fully saturated rings. The van der Waals surface area contributed by atoms with Crippen LogP contribution in [0.5, 0.6) is 11.5 Å². The molecule has 0 aliphatic carbocycles. The van der Waals surface area contributed by atoms with Crippen molar-refractivity contribution in [3.05, 3.63) is 59.7 Å². The Morgan fingerprint density at radius 2 is 1.93 bits per heavy atom. The molecule has 1 atom stereocenters. The van der Waals surface area contributed by atoms with Crippen LogP contribution in [-0.4, -0.2) is 42.5 Å². The van der Waals surface area contributed by atoms with E-state index in [9.17, 15) is 9.59 Å². The minimum Gasteiger partial charge on any atom is -0.494 e. The van der Waals surface area contributed by atoms with Gasteiger partial charge in [0, 0.05) is 13.1 Å². The fourth-order valence-electron chi connectivity index (χ4n) is 3.66. The Balaban J connectivity index is 1.78. The normalized spacial score (nSPS) is 16.3. The molecular formula is C24H30N2O4. The van der Waals surface area contributed by atoms with Crippen molar-refractivity contribution in [2.24, 2.45) is 0 Å². The third-order valence-corrected chi connectivity index (χ3v) is 5.20. The van der Waals surface area contributed by atoms with E-state index in [2.05, 4.69) is 5.32 Å². The van der Waals surface area contributed by atoms with Gasteiger partial charge in [-0.15, -0.1) is 0 Å². The van der Waals surface area contributed by atoms with Crippen molar-refractivity contribution < 1.29 is 19.1 Å². The van der Waals surface area contributed by atoms with Gasteiger partial charge < -0.3 is 19.7 Å². The van der Waals surface area contributed by atoms with Gasteiger partial charge in [0.25, 0.3) is 5.91 Å². The Morgan fingerprint density at radius 3 is 2.67 bits per heavy atom. The molecule has 0 radical (unpaired) electrons. The number of benzene rings is 2. The van der Waals surface area contributed by atoms with E-state index in [-0.39, 0.29) is 18.4 Å². The average molecular weight is 411 g/mol. The van der Waals surface area contributed by atoms with E-state index in [0.29, 0.717) is 31.9 Å². The van der Waals surface area contributed by atoms with Crippen LogP contribution < -0.4 is 14.8 Å². The molecule has 1 heterocycles. The molecule has 3 rings (SSSR count). The quantitative estimate of drug-likeness (QED) is 0.724. The van der Waals surface area contributed by atoms with Crippen LogP contribution in [-0.2, 0) is 16.1 Å². The van der Waals surface area contributed by atoms with E-state index >= 15 is 0 Å². The number of nitrogens with one attached hydrogen (secondary N) is 1. The van der Waals surface area contributed by atoms with Gasteiger partial charge in [0.05, 0.1) is 6.61 Å². The van der Waals surface area contributed by atoms with Crippen molar-refractivity contribution >= 4 is 11.8 Å². The molecule has 1 aliphatic heterocycles. The van der Waals surface area contributed by atoms with Crippen LogP contribution in [0.4, 0.5) is 0 Å². The van der Waals surface area contributed by atoms with Crippen LogP contribution in [0.25, 0.3) is 0 Å². The van der Waals surface area contributed by atoms with Crippen LogP contribution in [0.2, 0.25) is 0 Å². The smallest absolute Gasteiger partial charge is 0.261 e. The number of carbonyl (C=O) groups is 2. The van der Waals surface area contributed by atoms with Crippen LogP contribution in [0.1, 0.15) is 37.3 Å². The van der Waals surface area contributed by atoms with Crippen LogP contribution in [0.3, 0.4) is 0 Å². The molecule has 2 amide bonds. The summed E-state index contributed by atoms with van der Waals surface area (Å²) >= 11 is 0. The Kier molecular flexibility index (Phi) is 7.71. The summed E-state index contributed by atoms with van der Waals surface area (Å²) in [6, 6.07) is 14.6. The molecule has 2 aromatic carbocycles. The Morgan fingerprint density at radius 1 is 1.13 bits per heavy atom. The highest BCUT2D eigenvalue weighted by molar-refractivity contribution is 5.88. The van der Waals surface area contributed by atoms with Crippen molar-refractivity contribution in [3.8, 4) is 11.5 Å². The standard InChI is InChI=1S/C24H30N2O4/c1-3-29-22-13-12-19(15-18(22)2)16-26(21-11-7-8-14-25-24(21)28)23(27)17-30-20-9-5-4-6-10-20/h4-6,9-10,12-13,15,21H,3,7-8,11,14,16-17H2,1-2H3,(H,25,28)/t21-/m0/s1. The minimum atomic E-state index is -0.494. The molecule has 2 aromatic rings. The minimum absolute atomic E-state index is 0.0942. The SMILES string of the molecule is CCOc1ccc(CN(C(=O)COc2ccccc2)[C@H]2CCCCNC2=O)cc1C. The summed E-state index contributed by atoms with van der Waals surface area (Å²) in [4.78, 5) is 27.4. The third kappa shape index (κ3) is 5.75. The number of hydrogen-bond acceptors (Lipinski definition) is 4. The Bertz CT molecular complexity index is 854. The fourth-order valence-corrected chi connectivity index (χ4v) is 3.66. The molecule has 0 bridgehead atoms. The molecule has 6 nitrogen and oxygen atoms in total. The summed E-state index contributed by atoms with van der Waals surface area (Å²) in [5, 5.41) is 2.93. The van der Waals surface area contributed by atoms with Crippen LogP contribution in [0.15, 0.2) is 48.5 Å². The number of rotatable bonds is 8. The summed E-state index contributed by atoms with van der Waals surface area (Å²) in [6.45, 7) is 5.43. The highest BCUT2D eigenvalue weighted by atomic mass is 16.5. The lowest BCUT2D eigenvalue weighted by Crippen LogP contribution is -2.49. The van der Waals surface area contributed by atoms with Gasteiger partial charge in [-0.3, -0.25) is 9.59 Å². The summed E-state index contributed by atoms with van der Waals surface area (Å²) < 4.78 is 11.3. The topological polar surface area (TPSA) is 67.9 Å². The molecule has 0 spiro atoms. The monoisotopic (exact) mass is 410 g/mol. The van der Waals surface area contributed by atoms with Gasteiger partial charge >= 0.3 is 0 Å². The van der Waals surface area contributed by atoms with E-state index in [1.165, 1.54) is 0 Å². The number of hydrogen-bond donors (Lipinski definition) is 1. The van der Waals surface area contributed by atoms with Crippen molar-refractivity contribution in [2.45, 2.75) is 45.7 Å². The second-order valence-electron chi connectivity index (χ2n) is 7.46. The Hall–Kier alpha value is -3.02. The van der Waals surface area contributed by atoms with Crippen molar-refractivity contribution in [2.75, 3.05) is 19.8 Å². The summed E-state index contributed by atoms with van der Waals surface area (Å²) in [6.07, 6.45) is 2.47. The number of carbonyl (C=O) groups excluding carboxylic acids is 2. The molecule has 1 N–H and O–H groups in total. The predicted molar refractivity (Wildman–Crippen MR) is 115 cm³/mol. The fraction of sp³-hybridized carbons (Fsp3) is 0.417. The van der Waals surface area contributed by atoms with E-state index in [1.54, 1.807) is 4.90 Å². The molecule has 1 saturated heterocycles. The highest BCUT2D eigenvalue weighted by Crippen LogP contribution is 2.22. The summed E-state index contributed by atoms with van der Waals surface area (Å²) in [5.41, 5.74) is 1.97. The van der Waals surface area contributed by atoms with Crippen molar-refractivity contribution in [3.63, 3.8) is 0 Å². The number of para-hydroxylation sites is 1. The largest absolute Gasteiger partial charge is 0.494 e. The predicted octanol–water partition coefficient (Wildman–Crippen LogP) is 3.47. The zero-order valence-corrected chi connectivity index (χ0v) is 17.7. The lowest BCUT2D eigenvalue weighted by atomic mass is 10.1. The zero-order valence-electron chi connectivity index (χ0n) is 17.7. The molecule has 0 unspecified atom stereocenters. The maximum atomic E-state index is 13.1. The van der Waals surface area contributed by atoms with Crippen molar-refractivity contribution in [1.82, 2.24) is 10.2 Å². The zero-order chi connectivity index (χ0) is 21.3. The van der Waals surface area contributed by atoms with Crippen LogP contribution in [0, 0.1) is 6.92 Å². The number of nitrogens with zero attached hydrogens (tertiary/aromatic N) is 1. The second kappa shape index (κ2) is 10.7. The number of amides is 2. The molecular weight excluding hydrogens is 380 g/mol. The van der Waals surface area contributed by atoms with Crippen LogP contribution >= 0.6 is 0 Å². The van der Waals surface area contributed by atoms with Gasteiger partial charge in [-0.1, -0.05) is 30.3 Å². The maximum Gasteiger partial charge on any atom is 0.261 e. The van der Waals surface area contributed by atoms with E-state index in [0.717, 1.165) is 29.7 Å². The lowest BCUT2D eigenvalue weighted by molar-refractivity contribution is -0.142. The van der Waals surface area contributed by atoms with E-state index in [1.807, 2.05) is 62.4 Å². The van der Waals surface area contributed by atoms with Crippen molar-refractivity contribution in [1.29, 1.82) is 0 Å². The molecule has 0 aromatic heterocycles. The second-order valence-corrected chi connectivity index (χ2v) is 7.46. The van der Waals surface area contributed by atoms with E-state index in [4.69, 9.17) is 9.47 Å². The average Bonchev–Trinajstić information content (AvgIpc) is 2.97. The summed E-state index contributed by atoms with van der Waals surface area (Å²) in [7, 11) is 0. The first-order chi connectivity index (χ1) is 14.6. The first-order valence-corrected chi connectivity index (χ1v) is 10.6. The van der Waals surface area contributed by atoms with Gasteiger partial charge in [-0.2, -0.15) is 0 Å². The molecule has 30 heavy (non-hydrogen) atoms. The number of ether oxygens (including phenoxy) is 2. The Labute approximate surface area is 178 Å². The maximum absolute atomic E-state index is 13.1. The lowest BCUT2D eigenvalue weighted by Gasteiger charge is -2.30. The van der Waals surface area contributed by atoms with Gasteiger partial charge in [-0.05, 0) is 62.4 Å². The molecule has 6 heteroatoms.